The maximum atomic E-state index is 10.9. The number of rotatable bonds is 2. The number of nitrogens with zero attached hydrogens (tertiary/aromatic N) is 2. The largest absolute Gasteiger partial charge is 0.467 e. The van der Waals surface area contributed by atoms with Crippen molar-refractivity contribution in [2.75, 3.05) is 13.1 Å². The quantitative estimate of drug-likeness (QED) is 0.751. The molecular weight excluding hydrogens is 236 g/mol. The van der Waals surface area contributed by atoms with Crippen molar-refractivity contribution in [3.8, 4) is 0 Å². The zero-order valence-corrected chi connectivity index (χ0v) is 9.90. The molecule has 8 heteroatoms. The van der Waals surface area contributed by atoms with E-state index in [1.807, 2.05) is 0 Å². The number of carbonyl (C=O) groups is 1. The van der Waals surface area contributed by atoms with Crippen LogP contribution in [0, 0.1) is 5.92 Å². The Morgan fingerprint density at radius 3 is 2.62 bits per heavy atom. The molecule has 16 heavy (non-hydrogen) atoms. The van der Waals surface area contributed by atoms with Crippen molar-refractivity contribution in [1.82, 2.24) is 5.06 Å². The Labute approximate surface area is 94.7 Å². The summed E-state index contributed by atoms with van der Waals surface area (Å²) in [5.41, 5.74) is -0.848. The highest BCUT2D eigenvalue weighted by molar-refractivity contribution is 7.62. The van der Waals surface area contributed by atoms with Crippen LogP contribution in [0.4, 0.5) is 4.79 Å². The van der Waals surface area contributed by atoms with E-state index >= 15 is 0 Å². The molecule has 1 fully saturated rings. The van der Waals surface area contributed by atoms with Crippen LogP contribution in [0.3, 0.4) is 0 Å². The van der Waals surface area contributed by atoms with Gasteiger partial charge in [0.2, 0.25) is 0 Å². The van der Waals surface area contributed by atoms with Crippen LogP contribution >= 0.6 is 0 Å². The number of aliphatic hydroxyl groups is 1. The Morgan fingerprint density at radius 2 is 2.19 bits per heavy atom. The maximum absolute atomic E-state index is 10.9. The topological polar surface area (TPSA) is 96.3 Å². The van der Waals surface area contributed by atoms with Crippen LogP contribution in [0.2, 0.25) is 0 Å². The SMILES string of the molecule is CC(C)(O)C1CCN(OC(=O)N=S(=O)=O)C1. The molecule has 1 aliphatic heterocycles. The standard InChI is InChI=1S/C8H14N2O5S/c1-8(2,12)6-3-4-10(5-6)15-7(11)9-16(13)14/h6,12H,3-5H2,1-2H3. The second-order valence-corrected chi connectivity index (χ2v) is 4.81. The van der Waals surface area contributed by atoms with Crippen molar-refractivity contribution in [2.24, 2.45) is 10.3 Å². The van der Waals surface area contributed by atoms with Gasteiger partial charge < -0.3 is 9.94 Å². The van der Waals surface area contributed by atoms with Gasteiger partial charge in [-0.3, -0.25) is 0 Å². The first-order valence-corrected chi connectivity index (χ1v) is 5.82. The molecule has 0 radical (unpaired) electrons. The summed E-state index contributed by atoms with van der Waals surface area (Å²) in [6.45, 7) is 4.19. The van der Waals surface area contributed by atoms with Crippen LogP contribution in [0.15, 0.2) is 4.36 Å². The van der Waals surface area contributed by atoms with Gasteiger partial charge in [0, 0.05) is 19.0 Å². The molecule has 1 amide bonds. The Bertz CT molecular complexity index is 389. The molecule has 0 aromatic heterocycles. The van der Waals surface area contributed by atoms with Gasteiger partial charge in [0.25, 0.3) is 0 Å². The van der Waals surface area contributed by atoms with E-state index in [-0.39, 0.29) is 5.92 Å². The lowest BCUT2D eigenvalue weighted by Crippen LogP contribution is -2.33. The highest BCUT2D eigenvalue weighted by Gasteiger charge is 2.35. The van der Waals surface area contributed by atoms with Crippen molar-refractivity contribution in [3.05, 3.63) is 0 Å². The van der Waals surface area contributed by atoms with Crippen molar-refractivity contribution >= 4 is 16.6 Å². The molecule has 0 aliphatic carbocycles. The highest BCUT2D eigenvalue weighted by Crippen LogP contribution is 2.27. The molecule has 0 bridgehead atoms. The summed E-state index contributed by atoms with van der Waals surface area (Å²) < 4.78 is 22.8. The molecular formula is C8H14N2O5S. The Morgan fingerprint density at radius 1 is 1.56 bits per heavy atom. The summed E-state index contributed by atoms with van der Waals surface area (Å²) in [4.78, 5) is 15.6. The van der Waals surface area contributed by atoms with Gasteiger partial charge in [-0.1, -0.05) is 4.36 Å². The van der Waals surface area contributed by atoms with E-state index in [4.69, 9.17) is 0 Å². The van der Waals surface area contributed by atoms with Crippen molar-refractivity contribution in [2.45, 2.75) is 25.9 Å². The lowest BCUT2D eigenvalue weighted by molar-refractivity contribution is -0.0879. The Hall–Kier alpha value is -0.990. The summed E-state index contributed by atoms with van der Waals surface area (Å²) in [5, 5.41) is 11.0. The maximum Gasteiger partial charge on any atom is 0.467 e. The van der Waals surface area contributed by atoms with E-state index in [9.17, 15) is 18.3 Å². The lowest BCUT2D eigenvalue weighted by Gasteiger charge is -2.24. The van der Waals surface area contributed by atoms with Crippen molar-refractivity contribution in [3.63, 3.8) is 0 Å². The number of hydrogen-bond acceptors (Lipinski definition) is 6. The van der Waals surface area contributed by atoms with E-state index in [0.717, 1.165) is 0 Å². The van der Waals surface area contributed by atoms with E-state index in [0.29, 0.717) is 19.5 Å². The normalized spacial score (nSPS) is 21.8. The second kappa shape index (κ2) is 4.89. The molecule has 0 saturated carbocycles. The lowest BCUT2D eigenvalue weighted by atomic mass is 9.91. The van der Waals surface area contributed by atoms with Gasteiger partial charge in [0.15, 0.2) is 0 Å². The molecule has 1 atom stereocenters. The van der Waals surface area contributed by atoms with Crippen LogP contribution in [0.1, 0.15) is 20.3 Å². The fraction of sp³-hybridized carbons (Fsp3) is 0.875. The van der Waals surface area contributed by atoms with E-state index < -0.39 is 22.2 Å². The third-order valence-corrected chi connectivity index (χ3v) is 2.80. The van der Waals surface area contributed by atoms with E-state index in [2.05, 4.69) is 9.20 Å². The van der Waals surface area contributed by atoms with Crippen molar-refractivity contribution in [1.29, 1.82) is 0 Å². The Balaban J connectivity index is 2.49. The average molecular weight is 250 g/mol. The minimum atomic E-state index is -2.80. The van der Waals surface area contributed by atoms with Gasteiger partial charge in [-0.25, -0.2) is 4.79 Å². The minimum Gasteiger partial charge on any atom is -0.390 e. The van der Waals surface area contributed by atoms with Gasteiger partial charge in [-0.05, 0) is 20.3 Å². The van der Waals surface area contributed by atoms with Gasteiger partial charge >= 0.3 is 16.6 Å². The number of hydroxylamine groups is 2. The van der Waals surface area contributed by atoms with Gasteiger partial charge in [0.05, 0.1) is 5.60 Å². The molecule has 1 rings (SSSR count). The molecule has 0 aromatic rings. The first kappa shape index (κ1) is 13.1. The van der Waals surface area contributed by atoms with Crippen molar-refractivity contribution < 1.29 is 23.2 Å². The molecule has 0 spiro atoms. The van der Waals surface area contributed by atoms with E-state index in [1.165, 1.54) is 5.06 Å². The second-order valence-electron chi connectivity index (χ2n) is 4.19. The van der Waals surface area contributed by atoms with E-state index in [1.54, 1.807) is 13.8 Å². The predicted molar refractivity (Wildman–Crippen MR) is 53.8 cm³/mol. The molecule has 1 unspecified atom stereocenters. The first-order valence-electron chi connectivity index (χ1n) is 4.79. The Kier molecular flexibility index (Phi) is 4.00. The van der Waals surface area contributed by atoms with Gasteiger partial charge in [0.1, 0.15) is 0 Å². The van der Waals surface area contributed by atoms with Crippen LogP contribution in [-0.2, 0) is 15.3 Å². The number of hydrogen-bond donors (Lipinski definition) is 1. The summed E-state index contributed by atoms with van der Waals surface area (Å²) in [7, 11) is -2.80. The average Bonchev–Trinajstić information content (AvgIpc) is 2.49. The van der Waals surface area contributed by atoms with Crippen LogP contribution in [-0.4, -0.2) is 43.4 Å². The summed E-state index contributed by atoms with van der Waals surface area (Å²) in [6.07, 6.45) is -0.484. The number of amides is 1. The summed E-state index contributed by atoms with van der Waals surface area (Å²) in [5.74, 6) is -0.0157. The molecule has 1 saturated heterocycles. The molecule has 7 nitrogen and oxygen atoms in total. The predicted octanol–water partition coefficient (Wildman–Crippen LogP) is 0.194. The highest BCUT2D eigenvalue weighted by atomic mass is 32.2. The third kappa shape index (κ3) is 3.87. The number of carbonyl (C=O) groups excluding carboxylic acids is 1. The minimum absolute atomic E-state index is 0.0157. The molecule has 1 heterocycles. The third-order valence-electron chi connectivity index (χ3n) is 2.51. The first-order chi connectivity index (χ1) is 7.29. The smallest absolute Gasteiger partial charge is 0.390 e. The summed E-state index contributed by atoms with van der Waals surface area (Å²) in [6, 6.07) is 0. The van der Waals surface area contributed by atoms with Crippen LogP contribution in [0.25, 0.3) is 0 Å². The zero-order chi connectivity index (χ0) is 12.3. The molecule has 0 aromatic carbocycles. The summed E-state index contributed by atoms with van der Waals surface area (Å²) >= 11 is 0. The molecule has 1 aliphatic rings. The molecule has 1 N–H and O–H groups in total. The van der Waals surface area contributed by atoms with Crippen LogP contribution < -0.4 is 0 Å². The molecule has 92 valence electrons. The fourth-order valence-corrected chi connectivity index (χ4v) is 1.73. The van der Waals surface area contributed by atoms with Gasteiger partial charge in [-0.2, -0.15) is 8.42 Å². The fourth-order valence-electron chi connectivity index (χ4n) is 1.58. The van der Waals surface area contributed by atoms with Gasteiger partial charge in [-0.15, -0.1) is 5.06 Å². The van der Waals surface area contributed by atoms with Crippen LogP contribution in [0.5, 0.6) is 0 Å². The zero-order valence-electron chi connectivity index (χ0n) is 9.08. The monoisotopic (exact) mass is 250 g/mol.